The maximum absolute atomic E-state index is 12.0. The first-order valence-corrected chi connectivity index (χ1v) is 8.72. The molecule has 27 heavy (non-hydrogen) atoms. The van der Waals surface area contributed by atoms with E-state index in [0.717, 1.165) is 11.3 Å². The highest BCUT2D eigenvalue weighted by Gasteiger charge is 2.10. The van der Waals surface area contributed by atoms with Gasteiger partial charge in [-0.15, -0.1) is 0 Å². The van der Waals surface area contributed by atoms with Crippen LogP contribution < -0.4 is 10.6 Å². The molecule has 0 saturated heterocycles. The highest BCUT2D eigenvalue weighted by molar-refractivity contribution is 6.42. The Kier molecular flexibility index (Phi) is 6.05. The van der Waals surface area contributed by atoms with E-state index in [1.807, 2.05) is 24.3 Å². The van der Waals surface area contributed by atoms with E-state index in [1.54, 1.807) is 11.0 Å². The number of hydrogen-bond donors (Lipinski definition) is 2. The van der Waals surface area contributed by atoms with Gasteiger partial charge in [0.2, 0.25) is 5.91 Å². The number of aromatic nitrogens is 3. The summed E-state index contributed by atoms with van der Waals surface area (Å²) in [6, 6.07) is 12.0. The van der Waals surface area contributed by atoms with Crippen molar-refractivity contribution in [3.05, 3.63) is 76.3 Å². The third-order valence-electron chi connectivity index (χ3n) is 3.70. The van der Waals surface area contributed by atoms with Crippen molar-refractivity contribution in [2.24, 2.45) is 0 Å². The predicted octanol–water partition coefficient (Wildman–Crippen LogP) is 2.62. The summed E-state index contributed by atoms with van der Waals surface area (Å²) >= 11 is 11.7. The molecular weight excluding hydrogens is 389 g/mol. The molecule has 7 nitrogen and oxygen atoms in total. The van der Waals surface area contributed by atoms with Crippen LogP contribution in [0, 0.1) is 0 Å². The highest BCUT2D eigenvalue weighted by Crippen LogP contribution is 2.22. The van der Waals surface area contributed by atoms with Gasteiger partial charge in [0, 0.05) is 12.1 Å². The summed E-state index contributed by atoms with van der Waals surface area (Å²) in [5.41, 5.74) is 2.13. The molecule has 0 aliphatic carbocycles. The minimum absolute atomic E-state index is 0.143. The van der Waals surface area contributed by atoms with Gasteiger partial charge < -0.3 is 10.6 Å². The van der Waals surface area contributed by atoms with Crippen molar-refractivity contribution in [2.75, 3.05) is 6.54 Å². The minimum Gasteiger partial charge on any atom is -0.350 e. The van der Waals surface area contributed by atoms with E-state index < -0.39 is 5.91 Å². The summed E-state index contributed by atoms with van der Waals surface area (Å²) in [4.78, 5) is 27.9. The Hall–Kier alpha value is -2.90. The number of amides is 2. The Bertz CT molecular complexity index is 943. The summed E-state index contributed by atoms with van der Waals surface area (Å²) in [5.74, 6) is -0.704. The number of benzene rings is 2. The van der Waals surface area contributed by atoms with E-state index in [4.69, 9.17) is 23.2 Å². The average Bonchev–Trinajstić information content (AvgIpc) is 3.22. The standard InChI is InChI=1S/C18H15Cl2N5O2/c19-15-6-3-13(7-16(15)20)18(27)23-9-17(26)22-8-12-1-4-14(5-2-12)25-11-21-10-24-25/h1-7,10-11H,8-9H2,(H,22,26)(H,23,27). The van der Waals surface area contributed by atoms with E-state index in [9.17, 15) is 9.59 Å². The molecule has 2 aromatic carbocycles. The Morgan fingerprint density at radius 2 is 1.78 bits per heavy atom. The molecule has 138 valence electrons. The lowest BCUT2D eigenvalue weighted by atomic mass is 10.2. The molecule has 3 aromatic rings. The van der Waals surface area contributed by atoms with Crippen molar-refractivity contribution >= 4 is 35.0 Å². The lowest BCUT2D eigenvalue weighted by Crippen LogP contribution is -2.36. The van der Waals surface area contributed by atoms with Gasteiger partial charge in [-0.1, -0.05) is 35.3 Å². The van der Waals surface area contributed by atoms with Crippen LogP contribution in [0.15, 0.2) is 55.1 Å². The number of nitrogens with zero attached hydrogens (tertiary/aromatic N) is 3. The summed E-state index contributed by atoms with van der Waals surface area (Å²) in [7, 11) is 0. The number of carbonyl (C=O) groups excluding carboxylic acids is 2. The average molecular weight is 404 g/mol. The molecule has 0 unspecified atom stereocenters. The first-order valence-electron chi connectivity index (χ1n) is 7.97. The molecule has 1 aromatic heterocycles. The van der Waals surface area contributed by atoms with Gasteiger partial charge in [0.05, 0.1) is 22.3 Å². The van der Waals surface area contributed by atoms with Crippen molar-refractivity contribution < 1.29 is 9.59 Å². The molecule has 0 atom stereocenters. The van der Waals surface area contributed by atoms with Gasteiger partial charge in [-0.2, -0.15) is 5.10 Å². The second-order valence-electron chi connectivity index (χ2n) is 5.59. The third kappa shape index (κ3) is 5.06. The molecule has 0 spiro atoms. The van der Waals surface area contributed by atoms with Crippen molar-refractivity contribution in [1.82, 2.24) is 25.4 Å². The van der Waals surface area contributed by atoms with E-state index in [2.05, 4.69) is 20.7 Å². The van der Waals surface area contributed by atoms with E-state index in [-0.39, 0.29) is 17.5 Å². The van der Waals surface area contributed by atoms with Crippen LogP contribution in [-0.4, -0.2) is 33.1 Å². The molecule has 2 N–H and O–H groups in total. The van der Waals surface area contributed by atoms with Crippen molar-refractivity contribution in [1.29, 1.82) is 0 Å². The Labute approximate surface area is 165 Å². The van der Waals surface area contributed by atoms with Crippen LogP contribution >= 0.6 is 23.2 Å². The van der Waals surface area contributed by atoms with Crippen LogP contribution in [0.4, 0.5) is 0 Å². The first kappa shape index (κ1) is 18.9. The smallest absolute Gasteiger partial charge is 0.251 e. The third-order valence-corrected chi connectivity index (χ3v) is 4.44. The zero-order valence-corrected chi connectivity index (χ0v) is 15.5. The van der Waals surface area contributed by atoms with E-state index in [1.165, 1.54) is 24.5 Å². The minimum atomic E-state index is -0.402. The van der Waals surface area contributed by atoms with Crippen LogP contribution in [0.25, 0.3) is 5.69 Å². The van der Waals surface area contributed by atoms with Gasteiger partial charge in [0.25, 0.3) is 5.91 Å². The van der Waals surface area contributed by atoms with Gasteiger partial charge in [0.1, 0.15) is 12.7 Å². The molecule has 0 bridgehead atoms. The number of carbonyl (C=O) groups is 2. The van der Waals surface area contributed by atoms with Gasteiger partial charge in [0.15, 0.2) is 0 Å². The van der Waals surface area contributed by atoms with Crippen molar-refractivity contribution in [2.45, 2.75) is 6.54 Å². The number of halogens is 2. The van der Waals surface area contributed by atoms with Crippen LogP contribution in [0.5, 0.6) is 0 Å². The normalized spacial score (nSPS) is 10.4. The van der Waals surface area contributed by atoms with E-state index >= 15 is 0 Å². The SMILES string of the molecule is O=C(CNC(=O)c1ccc(Cl)c(Cl)c1)NCc1ccc(-n2cncn2)cc1. The quantitative estimate of drug-likeness (QED) is 0.661. The topological polar surface area (TPSA) is 88.9 Å². The maximum atomic E-state index is 12.0. The molecule has 2 amide bonds. The molecule has 0 aliphatic rings. The van der Waals surface area contributed by atoms with Gasteiger partial charge in [-0.3, -0.25) is 9.59 Å². The fourth-order valence-electron chi connectivity index (χ4n) is 2.27. The first-order chi connectivity index (χ1) is 13.0. The highest BCUT2D eigenvalue weighted by atomic mass is 35.5. The summed E-state index contributed by atoms with van der Waals surface area (Å²) in [5, 5.41) is 9.97. The predicted molar refractivity (Wildman–Crippen MR) is 102 cm³/mol. The number of rotatable bonds is 6. The molecular formula is C18H15Cl2N5O2. The molecule has 9 heteroatoms. The van der Waals surface area contributed by atoms with Gasteiger partial charge in [-0.05, 0) is 35.9 Å². The monoisotopic (exact) mass is 403 g/mol. The largest absolute Gasteiger partial charge is 0.350 e. The fraction of sp³-hybridized carbons (Fsp3) is 0.111. The summed E-state index contributed by atoms with van der Waals surface area (Å²) in [6.45, 7) is 0.204. The second kappa shape index (κ2) is 8.66. The Morgan fingerprint density at radius 3 is 2.44 bits per heavy atom. The lowest BCUT2D eigenvalue weighted by Gasteiger charge is -2.08. The maximum Gasteiger partial charge on any atom is 0.251 e. The second-order valence-corrected chi connectivity index (χ2v) is 6.41. The van der Waals surface area contributed by atoms with Crippen molar-refractivity contribution in [3.8, 4) is 5.69 Å². The molecule has 0 radical (unpaired) electrons. The Morgan fingerprint density at radius 1 is 1.00 bits per heavy atom. The molecule has 0 fully saturated rings. The van der Waals surface area contributed by atoms with Crippen LogP contribution in [0.1, 0.15) is 15.9 Å². The number of hydrogen-bond acceptors (Lipinski definition) is 4. The summed E-state index contributed by atoms with van der Waals surface area (Å²) in [6.07, 6.45) is 3.06. The van der Waals surface area contributed by atoms with Crippen molar-refractivity contribution in [3.63, 3.8) is 0 Å². The number of nitrogens with one attached hydrogen (secondary N) is 2. The molecule has 3 rings (SSSR count). The van der Waals surface area contributed by atoms with Gasteiger partial charge >= 0.3 is 0 Å². The van der Waals surface area contributed by atoms with Gasteiger partial charge in [-0.25, -0.2) is 9.67 Å². The van der Waals surface area contributed by atoms with Crippen LogP contribution in [0.2, 0.25) is 10.0 Å². The lowest BCUT2D eigenvalue weighted by molar-refractivity contribution is -0.120. The molecule has 1 heterocycles. The van der Waals surface area contributed by atoms with Crippen LogP contribution in [0.3, 0.4) is 0 Å². The molecule has 0 aliphatic heterocycles. The summed E-state index contributed by atoms with van der Waals surface area (Å²) < 4.78 is 1.64. The zero-order chi connectivity index (χ0) is 19.2. The fourth-order valence-corrected chi connectivity index (χ4v) is 2.57. The van der Waals surface area contributed by atoms with Crippen LogP contribution in [-0.2, 0) is 11.3 Å². The Balaban J connectivity index is 1.46. The zero-order valence-electron chi connectivity index (χ0n) is 14.0. The van der Waals surface area contributed by atoms with E-state index in [0.29, 0.717) is 17.1 Å². The molecule has 0 saturated carbocycles.